The van der Waals surface area contributed by atoms with E-state index in [0.29, 0.717) is 12.2 Å². The fraction of sp³-hybridized carbons (Fsp3) is 0.556. The van der Waals surface area contributed by atoms with Crippen molar-refractivity contribution in [3.8, 4) is 0 Å². The molecule has 0 saturated heterocycles. The molecule has 0 amide bonds. The van der Waals surface area contributed by atoms with E-state index in [1.807, 2.05) is 6.92 Å². The van der Waals surface area contributed by atoms with Gasteiger partial charge in [-0.1, -0.05) is 6.92 Å². The Kier molecular flexibility index (Phi) is 3.50. The van der Waals surface area contributed by atoms with Crippen LogP contribution in [0.4, 0.5) is 0 Å². The lowest BCUT2D eigenvalue weighted by molar-refractivity contribution is -0.145. The third kappa shape index (κ3) is 2.76. The Labute approximate surface area is 80.7 Å². The first-order valence-corrected chi connectivity index (χ1v) is 4.38. The molecule has 0 unspecified atom stereocenters. The van der Waals surface area contributed by atoms with Gasteiger partial charge in [0.15, 0.2) is 18.1 Å². The topological polar surface area (TPSA) is 69.7 Å². The molecule has 0 N–H and O–H groups in total. The van der Waals surface area contributed by atoms with Gasteiger partial charge in [-0.15, -0.1) is 0 Å². The van der Waals surface area contributed by atoms with Crippen molar-refractivity contribution in [3.05, 3.63) is 22.1 Å². The van der Waals surface area contributed by atoms with Crippen molar-refractivity contribution in [2.24, 2.45) is 0 Å². The van der Waals surface area contributed by atoms with Gasteiger partial charge in [-0.05, 0) is 13.3 Å². The van der Waals surface area contributed by atoms with Crippen molar-refractivity contribution in [1.82, 2.24) is 0 Å². The molecule has 78 valence electrons. The van der Waals surface area contributed by atoms with Crippen LogP contribution in [0.25, 0.3) is 0 Å². The van der Waals surface area contributed by atoms with Crippen LogP contribution in [0.1, 0.15) is 31.3 Å². The minimum Gasteiger partial charge on any atom is -0.457 e. The zero-order chi connectivity index (χ0) is 10.6. The van der Waals surface area contributed by atoms with Crippen LogP contribution in [-0.4, -0.2) is 5.97 Å². The molecule has 0 fully saturated rings. The van der Waals surface area contributed by atoms with Gasteiger partial charge in [0.25, 0.3) is 0 Å². The first kappa shape index (κ1) is 10.6. The highest BCUT2D eigenvalue weighted by Crippen LogP contribution is 2.07. The molecule has 0 aliphatic rings. The van der Waals surface area contributed by atoms with Crippen molar-refractivity contribution in [2.45, 2.75) is 33.3 Å². The smallest absolute Gasteiger partial charge is 0.457 e. The number of carbonyl (C=O) groups excluding carboxylic acids is 1. The molecule has 14 heavy (non-hydrogen) atoms. The second kappa shape index (κ2) is 4.64. The van der Waals surface area contributed by atoms with Gasteiger partial charge in [0.1, 0.15) is 0 Å². The summed E-state index contributed by atoms with van der Waals surface area (Å²) >= 11 is 0. The van der Waals surface area contributed by atoms with Crippen LogP contribution in [0.5, 0.6) is 0 Å². The van der Waals surface area contributed by atoms with Crippen molar-refractivity contribution in [2.75, 3.05) is 0 Å². The maximum Gasteiger partial charge on any atom is 0.519 e. The largest absolute Gasteiger partial charge is 0.519 e. The Bertz CT molecular complexity index is 360. The summed E-state index contributed by atoms with van der Waals surface area (Å²) in [6.45, 7) is 3.41. The summed E-state index contributed by atoms with van der Waals surface area (Å²) in [5, 5.41) is 0. The summed E-state index contributed by atoms with van der Waals surface area (Å²) in [6.07, 6.45) is 1.09. The van der Waals surface area contributed by atoms with E-state index in [4.69, 9.17) is 4.74 Å². The summed E-state index contributed by atoms with van der Waals surface area (Å²) in [6, 6.07) is 0. The van der Waals surface area contributed by atoms with Crippen LogP contribution in [-0.2, 0) is 16.1 Å². The molecule has 5 nitrogen and oxygen atoms in total. The van der Waals surface area contributed by atoms with Crippen LogP contribution in [0.2, 0.25) is 0 Å². The molecule has 0 aliphatic carbocycles. The molecule has 0 atom stereocenters. The third-order valence-electron chi connectivity index (χ3n) is 1.65. The molecule has 0 spiro atoms. The number of rotatable bonds is 4. The first-order valence-electron chi connectivity index (χ1n) is 4.38. The van der Waals surface area contributed by atoms with Gasteiger partial charge in [-0.3, -0.25) is 4.79 Å². The molecule has 0 radical (unpaired) electrons. The molecule has 1 aromatic heterocycles. The van der Waals surface area contributed by atoms with Crippen LogP contribution in [0, 0.1) is 6.92 Å². The molecule has 0 saturated carbocycles. The minimum atomic E-state index is -0.774. The van der Waals surface area contributed by atoms with Gasteiger partial charge in [-0.25, -0.2) is 4.79 Å². The molecule has 5 heteroatoms. The van der Waals surface area contributed by atoms with Crippen molar-refractivity contribution >= 4 is 5.97 Å². The van der Waals surface area contributed by atoms with Gasteiger partial charge in [-0.2, -0.15) is 0 Å². The molecule has 1 rings (SSSR count). The highest BCUT2D eigenvalue weighted by molar-refractivity contribution is 5.69. The summed E-state index contributed by atoms with van der Waals surface area (Å²) < 4.78 is 14.1. The monoisotopic (exact) mass is 200 g/mol. The predicted octanol–water partition coefficient (Wildman–Crippen LogP) is 1.38. The number of ether oxygens (including phenoxy) is 1. The second-order valence-electron chi connectivity index (χ2n) is 2.84. The van der Waals surface area contributed by atoms with Gasteiger partial charge < -0.3 is 13.6 Å². The van der Waals surface area contributed by atoms with E-state index in [2.05, 4.69) is 8.83 Å². The number of carbonyl (C=O) groups is 1. The van der Waals surface area contributed by atoms with Crippen molar-refractivity contribution < 1.29 is 18.4 Å². The average molecular weight is 200 g/mol. The molecule has 0 aliphatic heterocycles. The van der Waals surface area contributed by atoms with E-state index in [-0.39, 0.29) is 18.3 Å². The zero-order valence-electron chi connectivity index (χ0n) is 8.16. The van der Waals surface area contributed by atoms with E-state index >= 15 is 0 Å². The SMILES string of the molecule is CCCC(=O)OCc1oc(=O)oc1C. The maximum absolute atomic E-state index is 11.0. The maximum atomic E-state index is 11.0. The molecule has 1 aromatic rings. The zero-order valence-corrected chi connectivity index (χ0v) is 8.16. The van der Waals surface area contributed by atoms with Crippen molar-refractivity contribution in [3.63, 3.8) is 0 Å². The lowest BCUT2D eigenvalue weighted by atomic mass is 10.3. The summed E-state index contributed by atoms with van der Waals surface area (Å²) in [5.41, 5.74) is 0. The highest BCUT2D eigenvalue weighted by atomic mass is 16.6. The van der Waals surface area contributed by atoms with E-state index in [1.165, 1.54) is 0 Å². The fourth-order valence-electron chi connectivity index (χ4n) is 0.929. The number of aryl methyl sites for hydroxylation is 1. The second-order valence-corrected chi connectivity index (χ2v) is 2.84. The Morgan fingerprint density at radius 3 is 2.64 bits per heavy atom. The van der Waals surface area contributed by atoms with Gasteiger partial charge >= 0.3 is 11.8 Å². The van der Waals surface area contributed by atoms with Crippen molar-refractivity contribution in [1.29, 1.82) is 0 Å². The normalized spacial score (nSPS) is 10.1. The average Bonchev–Trinajstić information content (AvgIpc) is 2.42. The Hall–Kier alpha value is -1.52. The molecular formula is C9H12O5. The third-order valence-corrected chi connectivity index (χ3v) is 1.65. The summed E-state index contributed by atoms with van der Waals surface area (Å²) in [4.78, 5) is 21.6. The summed E-state index contributed by atoms with van der Waals surface area (Å²) in [7, 11) is 0. The number of hydrogen-bond donors (Lipinski definition) is 0. The Morgan fingerprint density at radius 2 is 2.14 bits per heavy atom. The van der Waals surface area contributed by atoms with E-state index in [9.17, 15) is 9.59 Å². The first-order chi connectivity index (χ1) is 6.63. The van der Waals surface area contributed by atoms with Gasteiger partial charge in [0.05, 0.1) is 0 Å². The van der Waals surface area contributed by atoms with Crippen LogP contribution in [0.3, 0.4) is 0 Å². The van der Waals surface area contributed by atoms with Crippen LogP contribution < -0.4 is 5.82 Å². The molecule has 1 heterocycles. The van der Waals surface area contributed by atoms with E-state index in [0.717, 1.165) is 6.42 Å². The predicted molar refractivity (Wildman–Crippen MR) is 46.7 cm³/mol. The van der Waals surface area contributed by atoms with E-state index < -0.39 is 5.82 Å². The highest BCUT2D eigenvalue weighted by Gasteiger charge is 2.10. The summed E-state index contributed by atoms with van der Waals surface area (Å²) in [5.74, 6) is -0.474. The minimum absolute atomic E-state index is 0.0452. The van der Waals surface area contributed by atoms with Crippen LogP contribution >= 0.6 is 0 Å². The Balaban J connectivity index is 2.49. The standard InChI is InChI=1S/C9H12O5/c1-3-4-8(10)12-5-7-6(2)13-9(11)14-7/h3-5H2,1-2H3. The van der Waals surface area contributed by atoms with Gasteiger partial charge in [0, 0.05) is 6.42 Å². The molecule has 0 aromatic carbocycles. The van der Waals surface area contributed by atoms with E-state index in [1.54, 1.807) is 6.92 Å². The van der Waals surface area contributed by atoms with Gasteiger partial charge in [0.2, 0.25) is 0 Å². The quantitative estimate of drug-likeness (QED) is 0.687. The Morgan fingerprint density at radius 1 is 1.43 bits per heavy atom. The number of hydrogen-bond acceptors (Lipinski definition) is 5. The molecule has 0 bridgehead atoms. The fourth-order valence-corrected chi connectivity index (χ4v) is 0.929. The molecular weight excluding hydrogens is 188 g/mol. The number of esters is 1. The lowest BCUT2D eigenvalue weighted by Crippen LogP contribution is -2.03. The lowest BCUT2D eigenvalue weighted by Gasteiger charge is -2.00. The van der Waals surface area contributed by atoms with Crippen LogP contribution in [0.15, 0.2) is 13.6 Å².